The quantitative estimate of drug-likeness (QED) is 0.522. The average molecular weight is 380 g/mol. The van der Waals surface area contributed by atoms with Gasteiger partial charge in [0.15, 0.2) is 5.82 Å². The van der Waals surface area contributed by atoms with E-state index < -0.39 is 0 Å². The highest BCUT2D eigenvalue weighted by molar-refractivity contribution is 7.19. The van der Waals surface area contributed by atoms with Gasteiger partial charge in [0.05, 0.1) is 11.7 Å². The first-order valence-electron chi connectivity index (χ1n) is 8.88. The average Bonchev–Trinajstić information content (AvgIpc) is 3.21. The smallest absolute Gasteiger partial charge is 0.263 e. The fraction of sp³-hybridized carbons (Fsp3) is 0.300. The molecule has 138 valence electrons. The van der Waals surface area contributed by atoms with E-state index in [1.807, 2.05) is 37.3 Å². The van der Waals surface area contributed by atoms with Crippen LogP contribution in [0.25, 0.3) is 21.3 Å². The van der Waals surface area contributed by atoms with Gasteiger partial charge in [-0.05, 0) is 18.4 Å². The molecule has 0 saturated carbocycles. The van der Waals surface area contributed by atoms with Crippen molar-refractivity contribution in [3.63, 3.8) is 0 Å². The summed E-state index contributed by atoms with van der Waals surface area (Å²) in [6, 6.07) is 9.95. The number of nitrogens with zero attached hydrogens (tertiary/aromatic N) is 4. The van der Waals surface area contributed by atoms with Crippen LogP contribution in [-0.4, -0.2) is 19.7 Å². The first-order valence-corrected chi connectivity index (χ1v) is 9.70. The number of aromatic nitrogens is 4. The molecular weight excluding hydrogens is 360 g/mol. The topological polar surface area (TPSA) is 73.8 Å². The Hall–Kier alpha value is -2.80. The number of fused-ring (bicyclic) bond motifs is 1. The summed E-state index contributed by atoms with van der Waals surface area (Å²) >= 11 is 1.54. The second-order valence-electron chi connectivity index (χ2n) is 6.96. The van der Waals surface area contributed by atoms with Gasteiger partial charge in [-0.1, -0.05) is 49.3 Å². The second-order valence-corrected chi connectivity index (χ2v) is 8.16. The molecule has 7 heteroatoms. The highest BCUT2D eigenvalue weighted by Crippen LogP contribution is 2.35. The lowest BCUT2D eigenvalue weighted by Crippen LogP contribution is -2.21. The maximum Gasteiger partial charge on any atom is 0.263 e. The van der Waals surface area contributed by atoms with Crippen molar-refractivity contribution in [2.75, 3.05) is 0 Å². The Morgan fingerprint density at radius 3 is 2.74 bits per heavy atom. The van der Waals surface area contributed by atoms with E-state index in [-0.39, 0.29) is 12.1 Å². The van der Waals surface area contributed by atoms with Gasteiger partial charge in [-0.25, -0.2) is 4.98 Å². The number of aryl methyl sites for hydroxylation is 1. The minimum atomic E-state index is -0.0909. The van der Waals surface area contributed by atoms with Crippen molar-refractivity contribution >= 4 is 21.6 Å². The Kier molecular flexibility index (Phi) is 4.61. The molecule has 0 fully saturated rings. The Morgan fingerprint density at radius 2 is 2.00 bits per heavy atom. The van der Waals surface area contributed by atoms with E-state index in [9.17, 15) is 4.79 Å². The summed E-state index contributed by atoms with van der Waals surface area (Å²) in [5.41, 5.74) is 1.88. The molecular formula is C20H20N4O2S. The van der Waals surface area contributed by atoms with Crippen molar-refractivity contribution in [2.24, 2.45) is 5.92 Å². The van der Waals surface area contributed by atoms with E-state index in [2.05, 4.69) is 29.0 Å². The molecule has 0 radical (unpaired) electrons. The van der Waals surface area contributed by atoms with Crippen LogP contribution in [0.1, 0.15) is 30.4 Å². The van der Waals surface area contributed by atoms with E-state index in [0.29, 0.717) is 23.0 Å². The molecule has 6 nitrogen and oxygen atoms in total. The van der Waals surface area contributed by atoms with Crippen molar-refractivity contribution in [3.05, 3.63) is 63.6 Å². The maximum atomic E-state index is 13.2. The molecule has 0 atom stereocenters. The summed E-state index contributed by atoms with van der Waals surface area (Å²) < 4.78 is 6.85. The molecule has 0 aliphatic rings. The predicted molar refractivity (Wildman–Crippen MR) is 106 cm³/mol. The van der Waals surface area contributed by atoms with Crippen molar-refractivity contribution in [1.82, 2.24) is 19.7 Å². The van der Waals surface area contributed by atoms with Crippen LogP contribution in [0.15, 0.2) is 46.0 Å². The maximum absolute atomic E-state index is 13.2. The Morgan fingerprint density at radius 1 is 1.22 bits per heavy atom. The largest absolute Gasteiger partial charge is 0.337 e. The first kappa shape index (κ1) is 17.6. The summed E-state index contributed by atoms with van der Waals surface area (Å²) in [6.45, 7) is 6.44. The van der Waals surface area contributed by atoms with Gasteiger partial charge in [0.1, 0.15) is 11.4 Å². The molecule has 0 N–H and O–H groups in total. The van der Waals surface area contributed by atoms with Gasteiger partial charge in [0.25, 0.3) is 5.56 Å². The third-order valence-electron chi connectivity index (χ3n) is 4.32. The van der Waals surface area contributed by atoms with Crippen LogP contribution < -0.4 is 5.56 Å². The molecule has 27 heavy (non-hydrogen) atoms. The molecule has 4 rings (SSSR count). The second kappa shape index (κ2) is 7.08. The molecule has 0 aliphatic carbocycles. The third-order valence-corrected chi connectivity index (χ3v) is 5.34. The molecule has 0 unspecified atom stereocenters. The van der Waals surface area contributed by atoms with E-state index in [4.69, 9.17) is 4.52 Å². The lowest BCUT2D eigenvalue weighted by Gasteiger charge is -2.04. The van der Waals surface area contributed by atoms with Crippen molar-refractivity contribution in [3.8, 4) is 11.1 Å². The fourth-order valence-corrected chi connectivity index (χ4v) is 4.15. The molecule has 3 aromatic heterocycles. The van der Waals surface area contributed by atoms with E-state index in [1.54, 1.807) is 6.33 Å². The summed E-state index contributed by atoms with van der Waals surface area (Å²) in [5.74, 6) is 1.53. The van der Waals surface area contributed by atoms with Crippen LogP contribution >= 0.6 is 11.3 Å². The van der Waals surface area contributed by atoms with Gasteiger partial charge in [0.2, 0.25) is 5.89 Å². The lowest BCUT2D eigenvalue weighted by atomic mass is 10.0. The van der Waals surface area contributed by atoms with Crippen LogP contribution in [-0.2, 0) is 13.0 Å². The van der Waals surface area contributed by atoms with Gasteiger partial charge in [-0.3, -0.25) is 9.36 Å². The number of hydrogen-bond acceptors (Lipinski definition) is 6. The standard InChI is InChI=1S/C20H20N4O2S/c1-12(2)9-15-22-16(26-23-15)10-24-11-21-19-18(20(24)25)17(13(3)27-19)14-7-5-4-6-8-14/h4-8,11-12H,9-10H2,1-3H3. The number of rotatable bonds is 5. The van der Waals surface area contributed by atoms with Gasteiger partial charge >= 0.3 is 0 Å². The van der Waals surface area contributed by atoms with Crippen LogP contribution in [0.3, 0.4) is 0 Å². The lowest BCUT2D eigenvalue weighted by molar-refractivity contribution is 0.362. The van der Waals surface area contributed by atoms with E-state index >= 15 is 0 Å². The summed E-state index contributed by atoms with van der Waals surface area (Å²) in [7, 11) is 0. The van der Waals surface area contributed by atoms with Crippen molar-refractivity contribution < 1.29 is 4.52 Å². The summed E-state index contributed by atoms with van der Waals surface area (Å²) in [5, 5.41) is 4.64. The van der Waals surface area contributed by atoms with Crippen LogP contribution in [0.5, 0.6) is 0 Å². The zero-order valence-corrected chi connectivity index (χ0v) is 16.3. The number of thiophene rings is 1. The first-order chi connectivity index (χ1) is 13.0. The zero-order chi connectivity index (χ0) is 19.0. The SMILES string of the molecule is Cc1sc2ncn(Cc3nc(CC(C)C)no3)c(=O)c2c1-c1ccccc1. The molecule has 4 aromatic rings. The molecule has 1 aromatic carbocycles. The highest BCUT2D eigenvalue weighted by atomic mass is 32.1. The van der Waals surface area contributed by atoms with E-state index in [1.165, 1.54) is 15.9 Å². The van der Waals surface area contributed by atoms with Crippen LogP contribution in [0.2, 0.25) is 0 Å². The van der Waals surface area contributed by atoms with Crippen LogP contribution in [0, 0.1) is 12.8 Å². The van der Waals surface area contributed by atoms with Crippen molar-refractivity contribution in [1.29, 1.82) is 0 Å². The van der Waals surface area contributed by atoms with Crippen molar-refractivity contribution in [2.45, 2.75) is 33.7 Å². The van der Waals surface area contributed by atoms with E-state index in [0.717, 1.165) is 27.3 Å². The van der Waals surface area contributed by atoms with Gasteiger partial charge in [-0.15, -0.1) is 11.3 Å². The monoisotopic (exact) mass is 380 g/mol. The number of benzene rings is 1. The molecule has 0 bridgehead atoms. The zero-order valence-electron chi connectivity index (χ0n) is 15.5. The molecule has 0 aliphatic heterocycles. The summed E-state index contributed by atoms with van der Waals surface area (Å²) in [4.78, 5) is 23.9. The molecule has 0 amide bonds. The molecule has 0 spiro atoms. The number of hydrogen-bond donors (Lipinski definition) is 0. The van der Waals surface area contributed by atoms with Gasteiger partial charge < -0.3 is 4.52 Å². The fourth-order valence-electron chi connectivity index (χ4n) is 3.15. The molecule has 3 heterocycles. The predicted octanol–water partition coefficient (Wildman–Crippen LogP) is 4.06. The van der Waals surface area contributed by atoms with Gasteiger partial charge in [-0.2, -0.15) is 4.98 Å². The van der Waals surface area contributed by atoms with Gasteiger partial charge in [0, 0.05) is 16.9 Å². The van der Waals surface area contributed by atoms with Crippen LogP contribution in [0.4, 0.5) is 0 Å². The molecule has 0 saturated heterocycles. The third kappa shape index (κ3) is 3.42. The Labute approximate surface area is 160 Å². The Bertz CT molecular complexity index is 1140. The minimum Gasteiger partial charge on any atom is -0.337 e. The highest BCUT2D eigenvalue weighted by Gasteiger charge is 2.18. The normalized spacial score (nSPS) is 11.6. The summed E-state index contributed by atoms with van der Waals surface area (Å²) in [6.07, 6.45) is 2.30. The Balaban J connectivity index is 1.76. The minimum absolute atomic E-state index is 0.0909.